The van der Waals surface area contributed by atoms with Gasteiger partial charge in [0.25, 0.3) is 0 Å². The Bertz CT molecular complexity index is 444. The third-order valence-electron chi connectivity index (χ3n) is 2.32. The quantitative estimate of drug-likeness (QED) is 0.764. The van der Waals surface area contributed by atoms with Crippen LogP contribution in [0.2, 0.25) is 0 Å². The molecule has 90 valence electrons. The summed E-state index contributed by atoms with van der Waals surface area (Å²) >= 11 is 0. The minimum absolute atomic E-state index is 0.0844. The first kappa shape index (κ1) is 13.1. The zero-order valence-electron chi connectivity index (χ0n) is 9.17. The van der Waals surface area contributed by atoms with Crippen LogP contribution in [0.1, 0.15) is 24.1 Å². The van der Waals surface area contributed by atoms with E-state index in [9.17, 15) is 8.42 Å². The van der Waals surface area contributed by atoms with E-state index in [1.807, 2.05) is 26.1 Å². The number of nitrogens with one attached hydrogen (secondary N) is 1. The first-order valence-corrected chi connectivity index (χ1v) is 6.17. The van der Waals surface area contributed by atoms with Crippen LogP contribution in [0.15, 0.2) is 24.3 Å². The lowest BCUT2D eigenvalue weighted by atomic mass is 10.0. The summed E-state index contributed by atoms with van der Waals surface area (Å²) in [6.07, 6.45) is 0. The molecular weight excluding hydrogens is 230 g/mol. The van der Waals surface area contributed by atoms with Crippen LogP contribution in [0.4, 0.5) is 0 Å². The zero-order chi connectivity index (χ0) is 12.2. The van der Waals surface area contributed by atoms with Gasteiger partial charge in [0.1, 0.15) is 0 Å². The molecule has 0 heterocycles. The number of benzene rings is 1. The maximum absolute atomic E-state index is 10.5. The highest BCUT2D eigenvalue weighted by atomic mass is 32.3. The fourth-order valence-electron chi connectivity index (χ4n) is 1.38. The molecule has 0 aliphatic carbocycles. The molecule has 16 heavy (non-hydrogen) atoms. The molecule has 0 amide bonds. The van der Waals surface area contributed by atoms with Gasteiger partial charge < -0.3 is 5.32 Å². The molecule has 0 fully saturated rings. The van der Waals surface area contributed by atoms with E-state index in [2.05, 4.69) is 9.50 Å². The second-order valence-electron chi connectivity index (χ2n) is 3.40. The SMILES string of the molecule is CNC(C)c1ccccc1COS(=O)(=O)O. The van der Waals surface area contributed by atoms with Gasteiger partial charge in [-0.25, -0.2) is 4.18 Å². The summed E-state index contributed by atoms with van der Waals surface area (Å²) in [6.45, 7) is 1.79. The molecular formula is C10H15NO4S. The lowest BCUT2D eigenvalue weighted by Crippen LogP contribution is -2.15. The summed E-state index contributed by atoms with van der Waals surface area (Å²) in [5.41, 5.74) is 1.66. The molecule has 1 atom stereocenters. The highest BCUT2D eigenvalue weighted by molar-refractivity contribution is 7.80. The maximum atomic E-state index is 10.5. The smallest absolute Gasteiger partial charge is 0.313 e. The lowest BCUT2D eigenvalue weighted by Gasteiger charge is -2.15. The van der Waals surface area contributed by atoms with Crippen molar-refractivity contribution in [3.8, 4) is 0 Å². The minimum atomic E-state index is -4.39. The van der Waals surface area contributed by atoms with Crippen molar-refractivity contribution >= 4 is 10.4 Å². The number of rotatable bonds is 5. The summed E-state index contributed by atoms with van der Waals surface area (Å²) in [5.74, 6) is 0. The summed E-state index contributed by atoms with van der Waals surface area (Å²) < 4.78 is 33.8. The third-order valence-corrected chi connectivity index (χ3v) is 2.73. The third kappa shape index (κ3) is 3.90. The van der Waals surface area contributed by atoms with E-state index in [4.69, 9.17) is 4.55 Å². The van der Waals surface area contributed by atoms with Crippen molar-refractivity contribution in [3.05, 3.63) is 35.4 Å². The van der Waals surface area contributed by atoms with E-state index in [0.717, 1.165) is 11.1 Å². The minimum Gasteiger partial charge on any atom is -0.313 e. The Kier molecular flexibility index (Phi) is 4.43. The summed E-state index contributed by atoms with van der Waals surface area (Å²) in [4.78, 5) is 0. The second-order valence-corrected chi connectivity index (χ2v) is 4.49. The van der Waals surface area contributed by atoms with E-state index < -0.39 is 10.4 Å². The van der Waals surface area contributed by atoms with Crippen molar-refractivity contribution in [2.24, 2.45) is 0 Å². The molecule has 1 aromatic rings. The van der Waals surface area contributed by atoms with Gasteiger partial charge in [-0.2, -0.15) is 8.42 Å². The monoisotopic (exact) mass is 245 g/mol. The number of hydrogen-bond donors (Lipinski definition) is 2. The van der Waals surface area contributed by atoms with Crippen molar-refractivity contribution in [2.45, 2.75) is 19.6 Å². The van der Waals surface area contributed by atoms with Crippen LogP contribution in [0.3, 0.4) is 0 Å². The Hall–Kier alpha value is -0.950. The van der Waals surface area contributed by atoms with Crippen LogP contribution < -0.4 is 5.32 Å². The van der Waals surface area contributed by atoms with Gasteiger partial charge in [-0.3, -0.25) is 4.55 Å². The average molecular weight is 245 g/mol. The van der Waals surface area contributed by atoms with Gasteiger partial charge in [-0.1, -0.05) is 24.3 Å². The lowest BCUT2D eigenvalue weighted by molar-refractivity contribution is 0.258. The fourth-order valence-corrected chi connectivity index (χ4v) is 1.66. The zero-order valence-corrected chi connectivity index (χ0v) is 9.99. The number of hydrogen-bond acceptors (Lipinski definition) is 4. The van der Waals surface area contributed by atoms with Crippen LogP contribution >= 0.6 is 0 Å². The van der Waals surface area contributed by atoms with Crippen LogP contribution in [0.25, 0.3) is 0 Å². The van der Waals surface area contributed by atoms with Crippen molar-refractivity contribution < 1.29 is 17.2 Å². The molecule has 0 aliphatic heterocycles. The highest BCUT2D eigenvalue weighted by Gasteiger charge is 2.11. The van der Waals surface area contributed by atoms with E-state index in [0.29, 0.717) is 0 Å². The van der Waals surface area contributed by atoms with Crippen LogP contribution in [0, 0.1) is 0 Å². The van der Waals surface area contributed by atoms with Crippen molar-refractivity contribution in [2.75, 3.05) is 7.05 Å². The highest BCUT2D eigenvalue weighted by Crippen LogP contribution is 2.18. The van der Waals surface area contributed by atoms with Gasteiger partial charge >= 0.3 is 10.4 Å². The Balaban J connectivity index is 2.87. The van der Waals surface area contributed by atoms with Crippen LogP contribution in [-0.2, 0) is 21.2 Å². The molecule has 0 saturated heterocycles. The molecule has 6 heteroatoms. The predicted octanol–water partition coefficient (Wildman–Crippen LogP) is 1.29. The van der Waals surface area contributed by atoms with Gasteiger partial charge in [0, 0.05) is 6.04 Å². The van der Waals surface area contributed by atoms with Gasteiger partial charge in [-0.15, -0.1) is 0 Å². The first-order chi connectivity index (χ1) is 7.44. The average Bonchev–Trinajstić information content (AvgIpc) is 2.25. The molecule has 1 unspecified atom stereocenters. The Morgan fingerprint density at radius 2 is 2.06 bits per heavy atom. The van der Waals surface area contributed by atoms with E-state index in [-0.39, 0.29) is 12.6 Å². The second kappa shape index (κ2) is 5.40. The van der Waals surface area contributed by atoms with Gasteiger partial charge in [0.15, 0.2) is 0 Å². The molecule has 5 nitrogen and oxygen atoms in total. The summed E-state index contributed by atoms with van der Waals surface area (Å²) in [6, 6.07) is 7.37. The van der Waals surface area contributed by atoms with Crippen LogP contribution in [-0.4, -0.2) is 20.0 Å². The maximum Gasteiger partial charge on any atom is 0.397 e. The topological polar surface area (TPSA) is 75.6 Å². The molecule has 1 rings (SSSR count). The van der Waals surface area contributed by atoms with Gasteiger partial charge in [0.2, 0.25) is 0 Å². The van der Waals surface area contributed by atoms with E-state index in [1.54, 1.807) is 12.1 Å². The van der Waals surface area contributed by atoms with Gasteiger partial charge in [-0.05, 0) is 25.1 Å². The normalized spacial score (nSPS) is 13.7. The Labute approximate surface area is 95.4 Å². The van der Waals surface area contributed by atoms with Crippen molar-refractivity contribution in [1.29, 1.82) is 0 Å². The van der Waals surface area contributed by atoms with Crippen molar-refractivity contribution in [1.82, 2.24) is 5.32 Å². The van der Waals surface area contributed by atoms with Crippen molar-refractivity contribution in [3.63, 3.8) is 0 Å². The Morgan fingerprint density at radius 3 is 2.62 bits per heavy atom. The largest absolute Gasteiger partial charge is 0.397 e. The van der Waals surface area contributed by atoms with Gasteiger partial charge in [0.05, 0.1) is 6.61 Å². The molecule has 0 radical (unpaired) electrons. The molecule has 0 saturated carbocycles. The van der Waals surface area contributed by atoms with E-state index >= 15 is 0 Å². The summed E-state index contributed by atoms with van der Waals surface area (Å²) in [5, 5.41) is 3.05. The predicted molar refractivity (Wildman–Crippen MR) is 60.3 cm³/mol. The molecule has 1 aromatic carbocycles. The van der Waals surface area contributed by atoms with Crippen LogP contribution in [0.5, 0.6) is 0 Å². The molecule has 2 N–H and O–H groups in total. The van der Waals surface area contributed by atoms with E-state index in [1.165, 1.54) is 0 Å². The Morgan fingerprint density at radius 1 is 1.44 bits per heavy atom. The molecule has 0 aromatic heterocycles. The molecule has 0 bridgehead atoms. The standard InChI is InChI=1S/C10H15NO4S/c1-8(11-2)10-6-4-3-5-9(10)7-15-16(12,13)14/h3-6,8,11H,7H2,1-2H3,(H,12,13,14). The fraction of sp³-hybridized carbons (Fsp3) is 0.400. The first-order valence-electron chi connectivity index (χ1n) is 4.81. The molecule has 0 aliphatic rings. The molecule has 0 spiro atoms. The summed E-state index contributed by atoms with van der Waals surface area (Å²) in [7, 11) is -2.58.